The van der Waals surface area contributed by atoms with E-state index in [1.54, 1.807) is 18.3 Å². The maximum Gasteiger partial charge on any atom is 0.220 e. The average Bonchev–Trinajstić information content (AvgIpc) is 3.09. The van der Waals surface area contributed by atoms with Crippen LogP contribution < -0.4 is 14.8 Å². The lowest BCUT2D eigenvalue weighted by Gasteiger charge is -2.16. The highest BCUT2D eigenvalue weighted by Gasteiger charge is 2.16. The molecule has 0 fully saturated rings. The number of oxazole rings is 1. The Morgan fingerprint density at radius 1 is 1.13 bits per heavy atom. The molecule has 1 aliphatic rings. The number of hydrogen-bond donors (Lipinski definition) is 1. The Labute approximate surface area is 180 Å². The zero-order valence-electron chi connectivity index (χ0n) is 16.7. The number of halogens is 1. The van der Waals surface area contributed by atoms with Gasteiger partial charge in [0.25, 0.3) is 0 Å². The fraction of sp³-hybridized carbons (Fsp3) is 0.304. The highest BCUT2D eigenvalue weighted by Crippen LogP contribution is 2.32. The van der Waals surface area contributed by atoms with E-state index in [4.69, 9.17) is 25.5 Å². The highest BCUT2D eigenvalue weighted by atomic mass is 35.5. The van der Waals surface area contributed by atoms with Crippen LogP contribution in [0.5, 0.6) is 11.5 Å². The maximum atomic E-state index is 12.4. The first-order chi connectivity index (χ1) is 14.6. The molecule has 2 heterocycles. The lowest BCUT2D eigenvalue weighted by molar-refractivity contribution is -0.121. The number of rotatable bonds is 6. The van der Waals surface area contributed by atoms with E-state index < -0.39 is 0 Å². The van der Waals surface area contributed by atoms with Crippen LogP contribution in [0.3, 0.4) is 0 Å². The quantitative estimate of drug-likeness (QED) is 0.602. The number of amides is 1. The van der Waals surface area contributed by atoms with Gasteiger partial charge in [-0.2, -0.15) is 0 Å². The van der Waals surface area contributed by atoms with Crippen LogP contribution in [0.4, 0.5) is 0 Å². The Kier molecular flexibility index (Phi) is 6.23. The third kappa shape index (κ3) is 4.94. The first kappa shape index (κ1) is 20.3. The van der Waals surface area contributed by atoms with Gasteiger partial charge in [0.05, 0.1) is 25.5 Å². The number of nitrogens with zero attached hydrogens (tertiary/aromatic N) is 1. The van der Waals surface area contributed by atoms with Crippen molar-refractivity contribution in [3.63, 3.8) is 0 Å². The van der Waals surface area contributed by atoms with Crippen molar-refractivity contribution in [3.05, 3.63) is 65.1 Å². The van der Waals surface area contributed by atoms with Gasteiger partial charge in [-0.25, -0.2) is 4.98 Å². The van der Waals surface area contributed by atoms with E-state index in [2.05, 4.69) is 10.3 Å². The first-order valence-electron chi connectivity index (χ1n) is 9.98. The van der Waals surface area contributed by atoms with Crippen LogP contribution in [0.1, 0.15) is 37.3 Å². The van der Waals surface area contributed by atoms with E-state index >= 15 is 0 Å². The number of benzene rings is 2. The van der Waals surface area contributed by atoms with Crippen molar-refractivity contribution >= 4 is 17.5 Å². The number of ether oxygens (including phenoxy) is 2. The molecule has 3 aromatic rings. The van der Waals surface area contributed by atoms with E-state index in [-0.39, 0.29) is 18.4 Å². The van der Waals surface area contributed by atoms with Crippen LogP contribution in [-0.2, 0) is 11.2 Å². The van der Waals surface area contributed by atoms with Gasteiger partial charge in [-0.3, -0.25) is 4.79 Å². The first-order valence-corrected chi connectivity index (χ1v) is 10.4. The molecule has 7 heteroatoms. The van der Waals surface area contributed by atoms with Gasteiger partial charge in [0, 0.05) is 29.8 Å². The molecular formula is C23H23ClN2O4. The predicted molar refractivity (Wildman–Crippen MR) is 114 cm³/mol. The molecule has 1 aliphatic heterocycles. The second-order valence-corrected chi connectivity index (χ2v) is 7.61. The molecule has 30 heavy (non-hydrogen) atoms. The summed E-state index contributed by atoms with van der Waals surface area (Å²) in [6, 6.07) is 13.0. The molecule has 156 valence electrons. The van der Waals surface area contributed by atoms with Gasteiger partial charge in [0.15, 0.2) is 23.1 Å². The van der Waals surface area contributed by atoms with E-state index in [9.17, 15) is 4.79 Å². The van der Waals surface area contributed by atoms with Crippen molar-refractivity contribution in [3.8, 4) is 22.8 Å². The topological polar surface area (TPSA) is 73.6 Å². The van der Waals surface area contributed by atoms with Crippen molar-refractivity contribution in [2.24, 2.45) is 0 Å². The summed E-state index contributed by atoms with van der Waals surface area (Å²) in [5, 5.41) is 3.68. The summed E-state index contributed by atoms with van der Waals surface area (Å²) in [6.07, 6.45) is 3.23. The number of aryl methyl sites for hydroxylation is 1. The van der Waals surface area contributed by atoms with Crippen molar-refractivity contribution in [1.29, 1.82) is 0 Å². The Balaban J connectivity index is 1.32. The standard InChI is InChI=1S/C23H23ClN2O4/c1-15(17-5-8-19-20(13-17)29-12-2-11-28-19)26-22(27)9-10-23-25-14-21(30-23)16-3-6-18(24)7-4-16/h3-8,13-15H,2,9-12H2,1H3,(H,26,27). The van der Waals surface area contributed by atoms with Crippen LogP contribution in [0, 0.1) is 0 Å². The molecule has 1 atom stereocenters. The van der Waals surface area contributed by atoms with Crippen molar-refractivity contribution in [1.82, 2.24) is 10.3 Å². The SMILES string of the molecule is CC(NC(=O)CCc1ncc(-c2ccc(Cl)cc2)o1)c1ccc2c(c1)OCCCO2. The van der Waals surface area contributed by atoms with Gasteiger partial charge in [-0.1, -0.05) is 17.7 Å². The van der Waals surface area contributed by atoms with E-state index in [1.165, 1.54) is 0 Å². The summed E-state index contributed by atoms with van der Waals surface area (Å²) in [5.41, 5.74) is 1.86. The van der Waals surface area contributed by atoms with E-state index in [1.807, 2.05) is 37.3 Å². The van der Waals surface area contributed by atoms with E-state index in [0.29, 0.717) is 36.3 Å². The zero-order valence-corrected chi connectivity index (χ0v) is 17.4. The summed E-state index contributed by atoms with van der Waals surface area (Å²) in [5.74, 6) is 2.58. The number of carbonyl (C=O) groups is 1. The smallest absolute Gasteiger partial charge is 0.220 e. The second kappa shape index (κ2) is 9.22. The van der Waals surface area contributed by atoms with Crippen LogP contribution in [0.2, 0.25) is 5.02 Å². The molecule has 0 saturated carbocycles. The minimum atomic E-state index is -0.149. The lowest BCUT2D eigenvalue weighted by Crippen LogP contribution is -2.26. The van der Waals surface area contributed by atoms with Gasteiger partial charge in [0.1, 0.15) is 0 Å². The molecule has 1 amide bonds. The van der Waals surface area contributed by atoms with Crippen LogP contribution in [0.25, 0.3) is 11.3 Å². The maximum absolute atomic E-state index is 12.4. The van der Waals surface area contributed by atoms with Gasteiger partial charge in [0.2, 0.25) is 5.91 Å². The van der Waals surface area contributed by atoms with Crippen molar-refractivity contribution in [2.75, 3.05) is 13.2 Å². The minimum Gasteiger partial charge on any atom is -0.490 e. The third-order valence-corrected chi connectivity index (χ3v) is 5.15. The fourth-order valence-corrected chi connectivity index (χ4v) is 3.37. The molecule has 0 saturated heterocycles. The molecule has 2 aromatic carbocycles. The molecule has 0 bridgehead atoms. The Morgan fingerprint density at radius 2 is 1.90 bits per heavy atom. The van der Waals surface area contributed by atoms with Gasteiger partial charge >= 0.3 is 0 Å². The third-order valence-electron chi connectivity index (χ3n) is 4.90. The summed E-state index contributed by atoms with van der Waals surface area (Å²) in [7, 11) is 0. The van der Waals surface area contributed by atoms with Crippen molar-refractivity contribution in [2.45, 2.75) is 32.2 Å². The predicted octanol–water partition coefficient (Wildman–Crippen LogP) is 4.97. The molecule has 0 radical (unpaired) electrons. The largest absolute Gasteiger partial charge is 0.490 e. The van der Waals surface area contributed by atoms with Gasteiger partial charge in [-0.05, 0) is 48.9 Å². The normalized spacial score (nSPS) is 14.1. The lowest BCUT2D eigenvalue weighted by atomic mass is 10.1. The number of nitrogens with one attached hydrogen (secondary N) is 1. The molecule has 1 aromatic heterocycles. The monoisotopic (exact) mass is 426 g/mol. The summed E-state index contributed by atoms with van der Waals surface area (Å²) < 4.78 is 17.1. The average molecular weight is 427 g/mol. The minimum absolute atomic E-state index is 0.0687. The summed E-state index contributed by atoms with van der Waals surface area (Å²) in [4.78, 5) is 16.7. The van der Waals surface area contributed by atoms with Gasteiger partial charge in [-0.15, -0.1) is 0 Å². The molecule has 6 nitrogen and oxygen atoms in total. The molecule has 0 spiro atoms. The van der Waals surface area contributed by atoms with Crippen LogP contribution in [-0.4, -0.2) is 24.1 Å². The Morgan fingerprint density at radius 3 is 2.70 bits per heavy atom. The zero-order chi connectivity index (χ0) is 20.9. The molecular weight excluding hydrogens is 404 g/mol. The summed E-state index contributed by atoms with van der Waals surface area (Å²) in [6.45, 7) is 3.23. The highest BCUT2D eigenvalue weighted by molar-refractivity contribution is 6.30. The molecule has 4 rings (SSSR count). The number of carbonyl (C=O) groups excluding carboxylic acids is 1. The van der Waals surface area contributed by atoms with Gasteiger partial charge < -0.3 is 19.2 Å². The summed E-state index contributed by atoms with van der Waals surface area (Å²) >= 11 is 5.91. The molecule has 0 aliphatic carbocycles. The second-order valence-electron chi connectivity index (χ2n) is 7.17. The number of aromatic nitrogens is 1. The Hall–Kier alpha value is -2.99. The molecule has 1 unspecified atom stereocenters. The van der Waals surface area contributed by atoms with Crippen molar-refractivity contribution < 1.29 is 18.7 Å². The number of fused-ring (bicyclic) bond motifs is 1. The number of hydrogen-bond acceptors (Lipinski definition) is 5. The Bertz CT molecular complexity index is 1020. The fourth-order valence-electron chi connectivity index (χ4n) is 3.24. The van der Waals surface area contributed by atoms with Crippen LogP contribution >= 0.6 is 11.6 Å². The van der Waals surface area contributed by atoms with Crippen LogP contribution in [0.15, 0.2) is 53.1 Å². The molecule has 1 N–H and O–H groups in total. The van der Waals surface area contributed by atoms with E-state index in [0.717, 1.165) is 29.0 Å².